The third-order valence-corrected chi connectivity index (χ3v) is 6.97. The number of ether oxygens (including phenoxy) is 2. The SMILES string of the molecule is CCO[C@@H]1C[C@@H](c2ccc(C(=O)O)cc2)N(Cc2c(OC)cc(C)c3[nH]ccc23)C(C)(C)C1. The molecule has 0 bridgehead atoms. The first-order valence-electron chi connectivity index (χ1n) is 11.6. The minimum Gasteiger partial charge on any atom is -0.496 e. The van der Waals surface area contributed by atoms with E-state index in [0.717, 1.165) is 47.3 Å². The highest BCUT2D eigenvalue weighted by atomic mass is 16.5. The lowest BCUT2D eigenvalue weighted by Gasteiger charge is -2.51. The van der Waals surface area contributed by atoms with Crippen LogP contribution in [0.1, 0.15) is 66.7 Å². The van der Waals surface area contributed by atoms with Gasteiger partial charge in [-0.15, -0.1) is 0 Å². The predicted octanol–water partition coefficient (Wildman–Crippen LogP) is 5.70. The molecule has 0 radical (unpaired) electrons. The molecule has 0 saturated carbocycles. The van der Waals surface area contributed by atoms with Crippen LogP contribution in [0.15, 0.2) is 42.6 Å². The van der Waals surface area contributed by atoms with Crippen molar-refractivity contribution in [3.05, 3.63) is 64.8 Å². The summed E-state index contributed by atoms with van der Waals surface area (Å²) in [6.45, 7) is 10.1. The molecule has 0 aliphatic carbocycles. The Labute approximate surface area is 195 Å². The molecule has 1 aromatic heterocycles. The van der Waals surface area contributed by atoms with E-state index in [4.69, 9.17) is 9.47 Å². The lowest BCUT2D eigenvalue weighted by atomic mass is 9.81. The lowest BCUT2D eigenvalue weighted by molar-refractivity contribution is -0.0753. The third-order valence-electron chi connectivity index (χ3n) is 6.97. The van der Waals surface area contributed by atoms with Gasteiger partial charge in [0, 0.05) is 47.4 Å². The summed E-state index contributed by atoms with van der Waals surface area (Å²) < 4.78 is 11.9. The van der Waals surface area contributed by atoms with Gasteiger partial charge in [-0.3, -0.25) is 4.90 Å². The highest BCUT2D eigenvalue weighted by Crippen LogP contribution is 2.44. The Morgan fingerprint density at radius 2 is 1.97 bits per heavy atom. The van der Waals surface area contributed by atoms with Crippen LogP contribution in [0.3, 0.4) is 0 Å². The Balaban J connectivity index is 1.78. The summed E-state index contributed by atoms with van der Waals surface area (Å²) in [6, 6.07) is 11.6. The topological polar surface area (TPSA) is 74.8 Å². The summed E-state index contributed by atoms with van der Waals surface area (Å²) in [7, 11) is 1.73. The van der Waals surface area contributed by atoms with Crippen LogP contribution in [-0.2, 0) is 11.3 Å². The van der Waals surface area contributed by atoms with Crippen molar-refractivity contribution in [1.29, 1.82) is 0 Å². The van der Waals surface area contributed by atoms with Gasteiger partial charge in [-0.2, -0.15) is 0 Å². The molecule has 1 aliphatic heterocycles. The van der Waals surface area contributed by atoms with E-state index in [-0.39, 0.29) is 17.7 Å². The van der Waals surface area contributed by atoms with Gasteiger partial charge in [0.25, 0.3) is 0 Å². The fraction of sp³-hybridized carbons (Fsp3) is 0.444. The largest absolute Gasteiger partial charge is 0.496 e. The van der Waals surface area contributed by atoms with Crippen molar-refractivity contribution >= 4 is 16.9 Å². The molecule has 3 aromatic rings. The van der Waals surface area contributed by atoms with Gasteiger partial charge in [0.15, 0.2) is 0 Å². The maximum absolute atomic E-state index is 11.4. The number of carboxylic acid groups (broad SMARTS) is 1. The number of likely N-dealkylation sites (tertiary alicyclic amines) is 1. The fourth-order valence-corrected chi connectivity index (χ4v) is 5.36. The van der Waals surface area contributed by atoms with E-state index in [1.54, 1.807) is 19.2 Å². The van der Waals surface area contributed by atoms with E-state index in [1.165, 1.54) is 5.39 Å². The lowest BCUT2D eigenvalue weighted by Crippen LogP contribution is -2.53. The summed E-state index contributed by atoms with van der Waals surface area (Å²) in [5.41, 5.74) is 4.73. The Kier molecular flexibility index (Phi) is 6.50. The zero-order valence-electron chi connectivity index (χ0n) is 20.1. The minimum absolute atomic E-state index is 0.0909. The van der Waals surface area contributed by atoms with Crippen molar-refractivity contribution in [3.63, 3.8) is 0 Å². The molecule has 2 atom stereocenters. The maximum atomic E-state index is 11.4. The van der Waals surface area contributed by atoms with E-state index in [2.05, 4.69) is 42.8 Å². The number of aromatic nitrogens is 1. The molecule has 6 nitrogen and oxygen atoms in total. The van der Waals surface area contributed by atoms with E-state index in [9.17, 15) is 9.90 Å². The van der Waals surface area contributed by atoms with Crippen LogP contribution in [0.5, 0.6) is 5.75 Å². The Hall–Kier alpha value is -2.83. The second kappa shape index (κ2) is 9.20. The van der Waals surface area contributed by atoms with Crippen LogP contribution in [0.4, 0.5) is 0 Å². The van der Waals surface area contributed by atoms with Crippen molar-refractivity contribution in [1.82, 2.24) is 9.88 Å². The van der Waals surface area contributed by atoms with Gasteiger partial charge < -0.3 is 19.6 Å². The first-order valence-corrected chi connectivity index (χ1v) is 11.6. The monoisotopic (exact) mass is 450 g/mol. The normalized spacial score (nSPS) is 20.8. The number of H-pyrrole nitrogens is 1. The number of aryl methyl sites for hydroxylation is 1. The first-order chi connectivity index (χ1) is 15.7. The molecule has 176 valence electrons. The van der Waals surface area contributed by atoms with Gasteiger partial charge in [0.2, 0.25) is 0 Å². The summed E-state index contributed by atoms with van der Waals surface area (Å²) >= 11 is 0. The molecule has 2 aromatic carbocycles. The molecular weight excluding hydrogens is 416 g/mol. The standard InChI is InChI=1S/C27H34N2O4/c1-6-33-20-14-23(18-7-9-19(10-8-18)26(30)31)29(27(3,4)15-20)16-22-21-11-12-28-25(21)17(2)13-24(22)32-5/h7-13,20,23,28H,6,14-16H2,1-5H3,(H,30,31)/t20-,23+/m1/s1. The molecule has 0 unspecified atom stereocenters. The average Bonchev–Trinajstić information content (AvgIpc) is 3.27. The van der Waals surface area contributed by atoms with Gasteiger partial charge in [-0.25, -0.2) is 4.79 Å². The second-order valence-corrected chi connectivity index (χ2v) is 9.54. The van der Waals surface area contributed by atoms with Crippen molar-refractivity contribution < 1.29 is 19.4 Å². The van der Waals surface area contributed by atoms with Crippen molar-refractivity contribution in [2.75, 3.05) is 13.7 Å². The molecule has 6 heteroatoms. The van der Waals surface area contributed by atoms with Crippen molar-refractivity contribution in [2.45, 2.75) is 64.8 Å². The Bertz CT molecular complexity index is 1130. The smallest absolute Gasteiger partial charge is 0.335 e. The molecule has 0 amide bonds. The second-order valence-electron chi connectivity index (χ2n) is 9.54. The minimum atomic E-state index is -0.909. The maximum Gasteiger partial charge on any atom is 0.335 e. The number of methoxy groups -OCH3 is 1. The highest BCUT2D eigenvalue weighted by molar-refractivity contribution is 5.88. The number of aromatic amines is 1. The van der Waals surface area contributed by atoms with Gasteiger partial charge in [0.1, 0.15) is 5.75 Å². The number of aromatic carboxylic acids is 1. The Morgan fingerprint density at radius 3 is 2.61 bits per heavy atom. The van der Waals surface area contributed by atoms with Crippen molar-refractivity contribution in [3.8, 4) is 5.75 Å². The number of fused-ring (bicyclic) bond motifs is 1. The van der Waals surface area contributed by atoms with Crippen LogP contribution < -0.4 is 4.74 Å². The quantitative estimate of drug-likeness (QED) is 0.483. The van der Waals surface area contributed by atoms with E-state index in [0.29, 0.717) is 12.2 Å². The first kappa shape index (κ1) is 23.3. The number of carboxylic acids is 1. The summed E-state index contributed by atoms with van der Waals surface area (Å²) in [5.74, 6) is -0.0175. The molecule has 33 heavy (non-hydrogen) atoms. The van der Waals surface area contributed by atoms with E-state index < -0.39 is 5.97 Å². The number of piperidine rings is 1. The van der Waals surface area contributed by atoms with Crippen LogP contribution in [0, 0.1) is 6.92 Å². The van der Waals surface area contributed by atoms with Crippen LogP contribution in [-0.4, -0.2) is 46.3 Å². The van der Waals surface area contributed by atoms with Crippen LogP contribution in [0.2, 0.25) is 0 Å². The van der Waals surface area contributed by atoms with Crippen LogP contribution >= 0.6 is 0 Å². The summed E-state index contributed by atoms with van der Waals surface area (Å²) in [6.07, 6.45) is 3.91. The number of nitrogens with zero attached hydrogens (tertiary/aromatic N) is 1. The molecule has 1 aliphatic rings. The summed E-state index contributed by atoms with van der Waals surface area (Å²) in [5, 5.41) is 10.5. The molecule has 2 N–H and O–H groups in total. The third kappa shape index (κ3) is 4.50. The molecular formula is C27H34N2O4. The van der Waals surface area contributed by atoms with E-state index in [1.807, 2.05) is 25.3 Å². The molecule has 2 heterocycles. The highest BCUT2D eigenvalue weighted by Gasteiger charge is 2.42. The number of carbonyl (C=O) groups is 1. The average molecular weight is 451 g/mol. The zero-order chi connectivity index (χ0) is 23.8. The van der Waals surface area contributed by atoms with E-state index >= 15 is 0 Å². The number of hydrogen-bond donors (Lipinski definition) is 2. The Morgan fingerprint density at radius 1 is 1.24 bits per heavy atom. The molecule has 0 spiro atoms. The van der Waals surface area contributed by atoms with Gasteiger partial charge in [0.05, 0.1) is 18.8 Å². The van der Waals surface area contributed by atoms with Gasteiger partial charge >= 0.3 is 5.97 Å². The fourth-order valence-electron chi connectivity index (χ4n) is 5.36. The number of hydrogen-bond acceptors (Lipinski definition) is 4. The molecule has 1 fully saturated rings. The predicted molar refractivity (Wildman–Crippen MR) is 130 cm³/mol. The summed E-state index contributed by atoms with van der Waals surface area (Å²) in [4.78, 5) is 17.3. The number of benzene rings is 2. The number of rotatable bonds is 7. The van der Waals surface area contributed by atoms with Gasteiger partial charge in [-0.05, 0) is 75.9 Å². The zero-order valence-corrected chi connectivity index (χ0v) is 20.1. The molecule has 1 saturated heterocycles. The number of nitrogens with one attached hydrogen (secondary N) is 1. The van der Waals surface area contributed by atoms with Gasteiger partial charge in [-0.1, -0.05) is 12.1 Å². The van der Waals surface area contributed by atoms with Crippen molar-refractivity contribution in [2.24, 2.45) is 0 Å². The molecule has 4 rings (SSSR count). The van der Waals surface area contributed by atoms with Crippen LogP contribution in [0.25, 0.3) is 10.9 Å².